The third-order valence-electron chi connectivity index (χ3n) is 4.89. The highest BCUT2D eigenvalue weighted by Gasteiger charge is 2.46. The topological polar surface area (TPSA) is 70.1 Å². The van der Waals surface area contributed by atoms with Crippen LogP contribution in [0.15, 0.2) is 54.1 Å². The van der Waals surface area contributed by atoms with Crippen molar-refractivity contribution in [1.29, 1.82) is 0 Å². The Morgan fingerprint density at radius 1 is 1.14 bits per heavy atom. The molecule has 1 N–H and O–H groups in total. The fourth-order valence-corrected chi connectivity index (χ4v) is 3.34. The van der Waals surface area contributed by atoms with Gasteiger partial charge in [-0.05, 0) is 44.4 Å². The highest BCUT2D eigenvalue weighted by Crippen LogP contribution is 2.40. The van der Waals surface area contributed by atoms with Gasteiger partial charge < -0.3 is 19.6 Å². The average molecular weight is 398 g/mol. The SMILES string of the molecule is COc1ccc(/C(O)=C2\C(=O)C(=O)N(CCN(C)C)[C@@H]2c2ccccc2F)cc1. The van der Waals surface area contributed by atoms with Gasteiger partial charge in [0.2, 0.25) is 0 Å². The van der Waals surface area contributed by atoms with E-state index in [2.05, 4.69) is 0 Å². The fraction of sp³-hybridized carbons (Fsp3) is 0.273. The molecule has 3 rings (SSSR count). The second-order valence-electron chi connectivity index (χ2n) is 7.05. The number of benzene rings is 2. The summed E-state index contributed by atoms with van der Waals surface area (Å²) in [7, 11) is 5.20. The molecule has 0 radical (unpaired) electrons. The number of amides is 1. The molecule has 1 fully saturated rings. The van der Waals surface area contributed by atoms with Crippen LogP contribution in [0.5, 0.6) is 5.75 Å². The van der Waals surface area contributed by atoms with Crippen molar-refractivity contribution in [3.05, 3.63) is 71.0 Å². The van der Waals surface area contributed by atoms with Crippen molar-refractivity contribution in [3.63, 3.8) is 0 Å². The summed E-state index contributed by atoms with van der Waals surface area (Å²) < 4.78 is 19.7. The van der Waals surface area contributed by atoms with E-state index < -0.39 is 23.5 Å². The smallest absolute Gasteiger partial charge is 0.295 e. The van der Waals surface area contributed by atoms with E-state index in [1.165, 1.54) is 30.2 Å². The predicted molar refractivity (Wildman–Crippen MR) is 107 cm³/mol. The van der Waals surface area contributed by atoms with Gasteiger partial charge in [-0.15, -0.1) is 0 Å². The number of nitrogens with zero attached hydrogens (tertiary/aromatic N) is 2. The van der Waals surface area contributed by atoms with Crippen LogP contribution in [0.2, 0.25) is 0 Å². The molecular weight excluding hydrogens is 375 g/mol. The van der Waals surface area contributed by atoms with Crippen molar-refractivity contribution in [1.82, 2.24) is 9.80 Å². The Morgan fingerprint density at radius 2 is 1.79 bits per heavy atom. The maximum absolute atomic E-state index is 14.6. The van der Waals surface area contributed by atoms with Gasteiger partial charge in [-0.25, -0.2) is 4.39 Å². The molecule has 1 aliphatic heterocycles. The third kappa shape index (κ3) is 4.00. The van der Waals surface area contributed by atoms with Crippen LogP contribution in [0.25, 0.3) is 5.76 Å². The second-order valence-corrected chi connectivity index (χ2v) is 7.05. The van der Waals surface area contributed by atoms with Crippen molar-refractivity contribution in [3.8, 4) is 5.75 Å². The molecule has 2 aromatic carbocycles. The predicted octanol–water partition coefficient (Wildman–Crippen LogP) is 2.82. The summed E-state index contributed by atoms with van der Waals surface area (Å²) in [5.41, 5.74) is 0.391. The van der Waals surface area contributed by atoms with E-state index in [1.807, 2.05) is 19.0 Å². The number of hydrogen-bond acceptors (Lipinski definition) is 5. The molecule has 0 aromatic heterocycles. The number of carbonyl (C=O) groups excluding carboxylic acids is 2. The monoisotopic (exact) mass is 398 g/mol. The van der Waals surface area contributed by atoms with E-state index in [-0.39, 0.29) is 23.4 Å². The minimum absolute atomic E-state index is 0.121. The molecule has 1 heterocycles. The Labute approximate surface area is 168 Å². The highest BCUT2D eigenvalue weighted by atomic mass is 19.1. The van der Waals surface area contributed by atoms with E-state index >= 15 is 0 Å². The van der Waals surface area contributed by atoms with E-state index in [0.29, 0.717) is 17.9 Å². The standard InChI is InChI=1S/C22H23FN2O4/c1-24(2)12-13-25-19(16-6-4-5-7-17(16)23)18(21(27)22(25)28)20(26)14-8-10-15(29-3)11-9-14/h4-11,19,26H,12-13H2,1-3H3/b20-18+/t19-/m1/s1. The number of ether oxygens (including phenoxy) is 1. The zero-order valence-electron chi connectivity index (χ0n) is 16.6. The summed E-state index contributed by atoms with van der Waals surface area (Å²) in [6, 6.07) is 11.4. The first-order valence-electron chi connectivity index (χ1n) is 9.17. The fourth-order valence-electron chi connectivity index (χ4n) is 3.34. The number of aliphatic hydroxyl groups is 1. The van der Waals surface area contributed by atoms with Crippen LogP contribution in [0.1, 0.15) is 17.2 Å². The number of Topliss-reactive ketones (excluding diaryl/α,β-unsaturated/α-hetero) is 1. The number of carbonyl (C=O) groups is 2. The van der Waals surface area contributed by atoms with Gasteiger partial charge in [0.1, 0.15) is 17.3 Å². The Kier molecular flexibility index (Phi) is 5.98. The minimum atomic E-state index is -1.00. The Hall–Kier alpha value is -3.19. The van der Waals surface area contributed by atoms with Gasteiger partial charge in [0.15, 0.2) is 0 Å². The maximum Gasteiger partial charge on any atom is 0.295 e. The van der Waals surface area contributed by atoms with Crippen molar-refractivity contribution < 1.29 is 23.8 Å². The number of methoxy groups -OCH3 is 1. The Bertz CT molecular complexity index is 954. The number of likely N-dealkylation sites (N-methyl/N-ethyl adjacent to an activating group) is 1. The van der Waals surface area contributed by atoms with Crippen LogP contribution in [0.4, 0.5) is 4.39 Å². The van der Waals surface area contributed by atoms with Gasteiger partial charge in [-0.1, -0.05) is 18.2 Å². The summed E-state index contributed by atoms with van der Waals surface area (Å²) >= 11 is 0. The lowest BCUT2D eigenvalue weighted by atomic mass is 9.95. The molecule has 6 nitrogen and oxygen atoms in total. The van der Waals surface area contributed by atoms with E-state index in [4.69, 9.17) is 4.74 Å². The Morgan fingerprint density at radius 3 is 2.38 bits per heavy atom. The largest absolute Gasteiger partial charge is 0.507 e. The van der Waals surface area contributed by atoms with Crippen LogP contribution in [-0.2, 0) is 9.59 Å². The second kappa shape index (κ2) is 8.45. The van der Waals surface area contributed by atoms with Gasteiger partial charge >= 0.3 is 0 Å². The first kappa shape index (κ1) is 20.5. The van der Waals surface area contributed by atoms with Gasteiger partial charge in [0, 0.05) is 24.2 Å². The van der Waals surface area contributed by atoms with Crippen LogP contribution < -0.4 is 4.74 Å². The van der Waals surface area contributed by atoms with Crippen LogP contribution in [0.3, 0.4) is 0 Å². The van der Waals surface area contributed by atoms with Crippen molar-refractivity contribution in [2.45, 2.75) is 6.04 Å². The molecule has 7 heteroatoms. The zero-order valence-corrected chi connectivity index (χ0v) is 16.6. The lowest BCUT2D eigenvalue weighted by molar-refractivity contribution is -0.140. The molecule has 1 amide bonds. The highest BCUT2D eigenvalue weighted by molar-refractivity contribution is 6.46. The van der Waals surface area contributed by atoms with E-state index in [0.717, 1.165) is 0 Å². The summed E-state index contributed by atoms with van der Waals surface area (Å²) in [6.45, 7) is 0.705. The molecule has 1 atom stereocenters. The normalized spacial score (nSPS) is 18.5. The molecule has 0 aliphatic carbocycles. The quantitative estimate of drug-likeness (QED) is 0.460. The Balaban J connectivity index is 2.14. The minimum Gasteiger partial charge on any atom is -0.507 e. The first-order chi connectivity index (χ1) is 13.8. The summed E-state index contributed by atoms with van der Waals surface area (Å²) in [4.78, 5) is 28.7. The van der Waals surface area contributed by atoms with Crippen LogP contribution >= 0.6 is 0 Å². The number of likely N-dealkylation sites (tertiary alicyclic amines) is 1. The lowest BCUT2D eigenvalue weighted by Crippen LogP contribution is -2.35. The van der Waals surface area contributed by atoms with Crippen molar-refractivity contribution in [2.24, 2.45) is 0 Å². The van der Waals surface area contributed by atoms with Crippen molar-refractivity contribution >= 4 is 17.4 Å². The van der Waals surface area contributed by atoms with E-state index in [1.54, 1.807) is 30.3 Å². The molecule has 2 aromatic rings. The molecule has 29 heavy (non-hydrogen) atoms. The third-order valence-corrected chi connectivity index (χ3v) is 4.89. The first-order valence-corrected chi connectivity index (χ1v) is 9.17. The molecule has 0 saturated carbocycles. The molecular formula is C22H23FN2O4. The summed E-state index contributed by atoms with van der Waals surface area (Å²) in [5.74, 6) is -1.89. The number of aliphatic hydroxyl groups excluding tert-OH is 1. The molecule has 0 unspecified atom stereocenters. The maximum atomic E-state index is 14.6. The molecule has 1 saturated heterocycles. The van der Waals surface area contributed by atoms with Crippen molar-refractivity contribution in [2.75, 3.05) is 34.3 Å². The number of hydrogen-bond donors (Lipinski definition) is 1. The number of halogens is 1. The van der Waals surface area contributed by atoms with Crippen LogP contribution in [0, 0.1) is 5.82 Å². The van der Waals surface area contributed by atoms with Gasteiger partial charge in [-0.2, -0.15) is 0 Å². The van der Waals surface area contributed by atoms with Gasteiger partial charge in [0.25, 0.3) is 11.7 Å². The molecule has 1 aliphatic rings. The lowest BCUT2D eigenvalue weighted by Gasteiger charge is -2.26. The number of ketones is 1. The summed E-state index contributed by atoms with van der Waals surface area (Å²) in [6.07, 6.45) is 0. The average Bonchev–Trinajstić information content (AvgIpc) is 2.96. The molecule has 0 spiro atoms. The van der Waals surface area contributed by atoms with E-state index in [9.17, 15) is 19.1 Å². The van der Waals surface area contributed by atoms with Gasteiger partial charge in [0.05, 0.1) is 18.7 Å². The molecule has 152 valence electrons. The zero-order chi connectivity index (χ0) is 21.1. The van der Waals surface area contributed by atoms with Gasteiger partial charge in [-0.3, -0.25) is 9.59 Å². The number of rotatable bonds is 6. The summed E-state index contributed by atoms with van der Waals surface area (Å²) in [5, 5.41) is 10.9. The van der Waals surface area contributed by atoms with Crippen LogP contribution in [-0.4, -0.2) is 60.9 Å². The molecule has 0 bridgehead atoms.